The molecule has 1 aromatic heterocycles. The number of nitrogens with zero attached hydrogens (tertiary/aromatic N) is 3. The molecule has 0 aliphatic heterocycles. The third-order valence-corrected chi connectivity index (χ3v) is 5.82. The van der Waals surface area contributed by atoms with Crippen LogP contribution < -0.4 is 11.1 Å². The summed E-state index contributed by atoms with van der Waals surface area (Å²) in [5.41, 5.74) is 8.13. The van der Waals surface area contributed by atoms with Crippen LogP contribution >= 0.6 is 23.4 Å². The number of benzene rings is 2. The topological polar surface area (TPSA) is 85.8 Å². The fraction of sp³-hybridized carbons (Fsp3) is 0.250. The molecular weight excluding hydrogens is 394 g/mol. The van der Waals surface area contributed by atoms with Crippen LogP contribution in [0.2, 0.25) is 5.02 Å². The van der Waals surface area contributed by atoms with Gasteiger partial charge in [-0.05, 0) is 61.9 Å². The van der Waals surface area contributed by atoms with Crippen LogP contribution in [0.1, 0.15) is 20.3 Å². The van der Waals surface area contributed by atoms with E-state index in [1.54, 1.807) is 24.3 Å². The summed E-state index contributed by atoms with van der Waals surface area (Å²) >= 11 is 7.31. The van der Waals surface area contributed by atoms with E-state index in [9.17, 15) is 4.79 Å². The zero-order chi connectivity index (χ0) is 20.1. The van der Waals surface area contributed by atoms with Crippen LogP contribution in [0.3, 0.4) is 0 Å². The number of aromatic nitrogens is 3. The number of nitrogens with one attached hydrogen (secondary N) is 1. The van der Waals surface area contributed by atoms with Gasteiger partial charge in [0.2, 0.25) is 5.91 Å². The van der Waals surface area contributed by atoms with Gasteiger partial charge >= 0.3 is 0 Å². The maximum atomic E-state index is 12.7. The SMILES string of the molecule is CC[C@@H](Sc1nnc(-c2ccc(N)cc2)n1CC)C(=O)Nc1ccc(Cl)cc1. The third kappa shape index (κ3) is 4.66. The molecule has 0 radical (unpaired) electrons. The highest BCUT2D eigenvalue weighted by atomic mass is 35.5. The number of nitrogen functional groups attached to an aromatic ring is 1. The largest absolute Gasteiger partial charge is 0.399 e. The Morgan fingerprint density at radius 2 is 1.82 bits per heavy atom. The molecule has 3 aromatic rings. The molecule has 3 rings (SSSR count). The predicted octanol–water partition coefficient (Wildman–Crippen LogP) is 4.71. The summed E-state index contributed by atoms with van der Waals surface area (Å²) in [6.07, 6.45) is 0.665. The number of amides is 1. The molecule has 0 bridgehead atoms. The zero-order valence-corrected chi connectivity index (χ0v) is 17.3. The lowest BCUT2D eigenvalue weighted by molar-refractivity contribution is -0.115. The van der Waals surface area contributed by atoms with Crippen LogP contribution in [0.25, 0.3) is 11.4 Å². The normalized spacial score (nSPS) is 12.0. The summed E-state index contributed by atoms with van der Waals surface area (Å²) in [4.78, 5) is 12.7. The number of thioether (sulfide) groups is 1. The van der Waals surface area contributed by atoms with E-state index in [1.165, 1.54) is 11.8 Å². The summed E-state index contributed by atoms with van der Waals surface area (Å²) in [6, 6.07) is 14.6. The number of nitrogens with two attached hydrogens (primary N) is 1. The minimum atomic E-state index is -0.288. The molecule has 0 saturated heterocycles. The van der Waals surface area contributed by atoms with Crippen molar-refractivity contribution < 1.29 is 4.79 Å². The number of anilines is 2. The molecule has 8 heteroatoms. The number of hydrogen-bond acceptors (Lipinski definition) is 5. The van der Waals surface area contributed by atoms with E-state index in [2.05, 4.69) is 15.5 Å². The van der Waals surface area contributed by atoms with Crippen molar-refractivity contribution >= 4 is 40.6 Å². The Kier molecular flexibility index (Phi) is 6.59. The van der Waals surface area contributed by atoms with E-state index in [-0.39, 0.29) is 11.2 Å². The molecule has 0 spiro atoms. The quantitative estimate of drug-likeness (QED) is 0.431. The van der Waals surface area contributed by atoms with Crippen LogP contribution in [0.15, 0.2) is 53.7 Å². The van der Waals surface area contributed by atoms with Gasteiger partial charge in [-0.2, -0.15) is 0 Å². The first kappa shape index (κ1) is 20.2. The Labute approximate surface area is 173 Å². The second-order valence-corrected chi connectivity index (χ2v) is 7.79. The van der Waals surface area contributed by atoms with Crippen molar-refractivity contribution in [2.75, 3.05) is 11.1 Å². The van der Waals surface area contributed by atoms with Crippen molar-refractivity contribution in [3.63, 3.8) is 0 Å². The van der Waals surface area contributed by atoms with Crippen molar-refractivity contribution in [2.24, 2.45) is 0 Å². The summed E-state index contributed by atoms with van der Waals surface area (Å²) in [7, 11) is 0. The fourth-order valence-electron chi connectivity index (χ4n) is 2.71. The average molecular weight is 416 g/mol. The van der Waals surface area contributed by atoms with E-state index < -0.39 is 0 Å². The molecule has 28 heavy (non-hydrogen) atoms. The van der Waals surface area contributed by atoms with E-state index in [1.807, 2.05) is 42.7 Å². The minimum absolute atomic E-state index is 0.0745. The molecular formula is C20H22ClN5OS. The fourth-order valence-corrected chi connectivity index (χ4v) is 3.86. The first-order valence-electron chi connectivity index (χ1n) is 9.04. The lowest BCUT2D eigenvalue weighted by Crippen LogP contribution is -2.25. The summed E-state index contributed by atoms with van der Waals surface area (Å²) in [5, 5.41) is 12.6. The van der Waals surface area contributed by atoms with Gasteiger partial charge in [0.05, 0.1) is 5.25 Å². The Morgan fingerprint density at radius 1 is 1.14 bits per heavy atom. The second-order valence-electron chi connectivity index (χ2n) is 6.18. The Bertz CT molecular complexity index is 940. The molecule has 1 atom stereocenters. The first-order valence-corrected chi connectivity index (χ1v) is 10.3. The standard InChI is InChI=1S/C20H22ClN5OS/c1-3-17(19(27)23-16-11-7-14(21)8-12-16)28-20-25-24-18(26(20)4-2)13-5-9-15(22)10-6-13/h5-12,17H,3-4,22H2,1-2H3,(H,23,27)/t17-/m1/s1. The highest BCUT2D eigenvalue weighted by molar-refractivity contribution is 8.00. The highest BCUT2D eigenvalue weighted by Crippen LogP contribution is 2.29. The monoisotopic (exact) mass is 415 g/mol. The van der Waals surface area contributed by atoms with E-state index in [0.717, 1.165) is 11.4 Å². The molecule has 2 aromatic carbocycles. The second kappa shape index (κ2) is 9.12. The summed E-state index contributed by atoms with van der Waals surface area (Å²) < 4.78 is 2.01. The molecule has 1 amide bonds. The number of carbonyl (C=O) groups excluding carboxylic acids is 1. The van der Waals surface area contributed by atoms with Crippen LogP contribution in [0.4, 0.5) is 11.4 Å². The van der Waals surface area contributed by atoms with Gasteiger partial charge in [0.15, 0.2) is 11.0 Å². The van der Waals surface area contributed by atoms with Gasteiger partial charge in [-0.15, -0.1) is 10.2 Å². The van der Waals surface area contributed by atoms with Crippen molar-refractivity contribution in [1.82, 2.24) is 14.8 Å². The average Bonchev–Trinajstić information content (AvgIpc) is 3.11. The summed E-state index contributed by atoms with van der Waals surface area (Å²) in [6.45, 7) is 4.71. The molecule has 0 aliphatic rings. The number of halogens is 1. The van der Waals surface area contributed by atoms with E-state index >= 15 is 0 Å². The molecule has 0 aliphatic carbocycles. The van der Waals surface area contributed by atoms with Crippen LogP contribution in [0.5, 0.6) is 0 Å². The van der Waals surface area contributed by atoms with Gasteiger partial charge in [-0.25, -0.2) is 0 Å². The smallest absolute Gasteiger partial charge is 0.237 e. The third-order valence-electron chi connectivity index (χ3n) is 4.22. The lowest BCUT2D eigenvalue weighted by Gasteiger charge is -2.15. The van der Waals surface area contributed by atoms with Gasteiger partial charge in [-0.1, -0.05) is 30.3 Å². The van der Waals surface area contributed by atoms with Gasteiger partial charge in [-0.3, -0.25) is 4.79 Å². The van der Waals surface area contributed by atoms with Crippen molar-refractivity contribution in [1.29, 1.82) is 0 Å². The number of carbonyl (C=O) groups is 1. The molecule has 6 nitrogen and oxygen atoms in total. The van der Waals surface area contributed by atoms with Gasteiger partial charge in [0.25, 0.3) is 0 Å². The first-order chi connectivity index (χ1) is 13.5. The lowest BCUT2D eigenvalue weighted by atomic mass is 10.2. The molecule has 0 fully saturated rings. The maximum Gasteiger partial charge on any atom is 0.237 e. The number of hydrogen-bond donors (Lipinski definition) is 2. The Morgan fingerprint density at radius 3 is 2.43 bits per heavy atom. The predicted molar refractivity (Wildman–Crippen MR) is 116 cm³/mol. The summed E-state index contributed by atoms with van der Waals surface area (Å²) in [5.74, 6) is 0.687. The molecule has 0 saturated carbocycles. The number of rotatable bonds is 7. The Hall–Kier alpha value is -2.51. The van der Waals surface area contributed by atoms with E-state index in [0.29, 0.717) is 34.5 Å². The molecule has 0 unspecified atom stereocenters. The van der Waals surface area contributed by atoms with Crippen LogP contribution in [0, 0.1) is 0 Å². The van der Waals surface area contributed by atoms with Gasteiger partial charge in [0, 0.05) is 28.5 Å². The zero-order valence-electron chi connectivity index (χ0n) is 15.7. The minimum Gasteiger partial charge on any atom is -0.399 e. The van der Waals surface area contributed by atoms with Gasteiger partial charge in [0.1, 0.15) is 0 Å². The maximum absolute atomic E-state index is 12.7. The van der Waals surface area contributed by atoms with Crippen LogP contribution in [-0.2, 0) is 11.3 Å². The molecule has 146 valence electrons. The Balaban J connectivity index is 1.78. The van der Waals surface area contributed by atoms with Crippen LogP contribution in [-0.4, -0.2) is 25.9 Å². The van der Waals surface area contributed by atoms with Crippen molar-refractivity contribution in [2.45, 2.75) is 37.2 Å². The van der Waals surface area contributed by atoms with Gasteiger partial charge < -0.3 is 15.6 Å². The van der Waals surface area contributed by atoms with Crippen molar-refractivity contribution in [3.05, 3.63) is 53.6 Å². The highest BCUT2D eigenvalue weighted by Gasteiger charge is 2.22. The van der Waals surface area contributed by atoms with E-state index in [4.69, 9.17) is 17.3 Å². The van der Waals surface area contributed by atoms with Crippen molar-refractivity contribution in [3.8, 4) is 11.4 Å². The molecule has 1 heterocycles. The molecule has 3 N–H and O–H groups in total.